The van der Waals surface area contributed by atoms with Crippen molar-refractivity contribution in [2.75, 3.05) is 11.5 Å². The van der Waals surface area contributed by atoms with Crippen molar-refractivity contribution in [2.45, 2.75) is 45.2 Å². The first-order valence-corrected chi connectivity index (χ1v) is 8.94. The molecular weight excluding hydrogens is 268 g/mol. The lowest BCUT2D eigenvalue weighted by Gasteiger charge is -2.38. The number of rotatable bonds is 3. The van der Waals surface area contributed by atoms with Gasteiger partial charge in [-0.2, -0.15) is 0 Å². The van der Waals surface area contributed by atoms with Crippen molar-refractivity contribution < 1.29 is 8.42 Å². The molecule has 18 heavy (non-hydrogen) atoms. The van der Waals surface area contributed by atoms with E-state index in [1.165, 1.54) is 0 Å². The van der Waals surface area contributed by atoms with Crippen molar-refractivity contribution in [1.29, 1.82) is 0 Å². The lowest BCUT2D eigenvalue weighted by atomic mass is 9.92. The van der Waals surface area contributed by atoms with Gasteiger partial charge in [0.25, 0.3) is 0 Å². The van der Waals surface area contributed by atoms with E-state index in [-0.39, 0.29) is 17.0 Å². The van der Waals surface area contributed by atoms with Gasteiger partial charge in [-0.25, -0.2) is 13.4 Å². The minimum atomic E-state index is -2.85. The molecule has 0 amide bonds. The van der Waals surface area contributed by atoms with Crippen LogP contribution in [0.25, 0.3) is 0 Å². The maximum Gasteiger partial charge on any atom is 0.150 e. The Morgan fingerprint density at radius 2 is 2.00 bits per heavy atom. The molecule has 1 fully saturated rings. The third kappa shape index (κ3) is 2.92. The first kappa shape index (κ1) is 14.0. The van der Waals surface area contributed by atoms with Crippen LogP contribution >= 0.6 is 11.3 Å². The summed E-state index contributed by atoms with van der Waals surface area (Å²) >= 11 is 1.63. The van der Waals surface area contributed by atoms with Crippen LogP contribution in [0.5, 0.6) is 0 Å². The first-order chi connectivity index (χ1) is 8.33. The summed E-state index contributed by atoms with van der Waals surface area (Å²) in [5.74, 6) is 0.511. The van der Waals surface area contributed by atoms with Gasteiger partial charge in [0.2, 0.25) is 0 Å². The number of hydrogen-bond acceptors (Lipinski definition) is 5. The van der Waals surface area contributed by atoms with E-state index < -0.39 is 9.84 Å². The van der Waals surface area contributed by atoms with Crippen LogP contribution in [0.1, 0.15) is 37.4 Å². The van der Waals surface area contributed by atoms with E-state index in [0.29, 0.717) is 18.9 Å². The summed E-state index contributed by atoms with van der Waals surface area (Å²) in [6.45, 7) is 6.15. The molecule has 0 saturated carbocycles. The van der Waals surface area contributed by atoms with Crippen molar-refractivity contribution in [1.82, 2.24) is 10.3 Å². The van der Waals surface area contributed by atoms with Crippen LogP contribution in [-0.2, 0) is 15.4 Å². The predicted molar refractivity (Wildman–Crippen MR) is 74.7 cm³/mol. The smallest absolute Gasteiger partial charge is 0.150 e. The maximum absolute atomic E-state index is 11.6. The highest BCUT2D eigenvalue weighted by Crippen LogP contribution is 2.36. The molecule has 1 aromatic heterocycles. The Hall–Kier alpha value is -0.460. The van der Waals surface area contributed by atoms with Crippen LogP contribution in [0.2, 0.25) is 0 Å². The van der Waals surface area contributed by atoms with Crippen LogP contribution in [0.15, 0.2) is 5.38 Å². The summed E-state index contributed by atoms with van der Waals surface area (Å²) in [5.41, 5.74) is 0.756. The molecule has 1 aromatic rings. The molecule has 2 rings (SSSR count). The van der Waals surface area contributed by atoms with Crippen LogP contribution < -0.4 is 5.32 Å². The molecule has 1 aliphatic rings. The number of aromatic nitrogens is 1. The highest BCUT2D eigenvalue weighted by molar-refractivity contribution is 7.91. The fourth-order valence-corrected chi connectivity index (χ4v) is 4.98. The molecule has 0 radical (unpaired) electrons. The van der Waals surface area contributed by atoms with Gasteiger partial charge >= 0.3 is 0 Å². The van der Waals surface area contributed by atoms with Crippen LogP contribution in [0.3, 0.4) is 0 Å². The van der Waals surface area contributed by atoms with Crippen LogP contribution in [-0.4, -0.2) is 30.9 Å². The molecule has 0 aliphatic carbocycles. The average Bonchev–Trinajstić information content (AvgIpc) is 2.69. The molecule has 102 valence electrons. The van der Waals surface area contributed by atoms with E-state index in [1.54, 1.807) is 11.3 Å². The van der Waals surface area contributed by atoms with Gasteiger partial charge in [-0.15, -0.1) is 11.3 Å². The monoisotopic (exact) mass is 288 g/mol. The SMILES string of the molecule is Cc1csc(C2(NC(C)C)CCS(=O)(=O)CC2)n1. The molecule has 4 nitrogen and oxygen atoms in total. The molecule has 6 heteroatoms. The van der Waals surface area contributed by atoms with Gasteiger partial charge in [0.05, 0.1) is 17.0 Å². The van der Waals surface area contributed by atoms with E-state index in [9.17, 15) is 8.42 Å². The van der Waals surface area contributed by atoms with Gasteiger partial charge < -0.3 is 5.32 Å². The molecule has 0 unspecified atom stereocenters. The maximum atomic E-state index is 11.6. The third-order valence-corrected chi connectivity index (χ3v) is 6.09. The zero-order valence-electron chi connectivity index (χ0n) is 11.1. The summed E-state index contributed by atoms with van der Waals surface area (Å²) < 4.78 is 23.2. The molecule has 1 N–H and O–H groups in total. The number of nitrogens with one attached hydrogen (secondary N) is 1. The molecule has 2 heterocycles. The molecule has 0 aromatic carbocycles. The summed E-state index contributed by atoms with van der Waals surface area (Å²) in [6.07, 6.45) is 1.25. The molecule has 0 bridgehead atoms. The molecule has 1 saturated heterocycles. The Kier molecular flexibility index (Phi) is 3.80. The second-order valence-corrected chi connectivity index (χ2v) is 8.49. The van der Waals surface area contributed by atoms with Gasteiger partial charge in [0.1, 0.15) is 14.8 Å². The molecule has 1 aliphatic heterocycles. The zero-order valence-corrected chi connectivity index (χ0v) is 12.7. The molecule has 0 atom stereocenters. The lowest BCUT2D eigenvalue weighted by molar-refractivity contribution is 0.275. The van der Waals surface area contributed by atoms with Crippen molar-refractivity contribution in [3.8, 4) is 0 Å². The quantitative estimate of drug-likeness (QED) is 0.922. The normalized spacial score (nSPS) is 22.2. The predicted octanol–water partition coefficient (Wildman–Crippen LogP) is 1.85. The Balaban J connectivity index is 2.31. The topological polar surface area (TPSA) is 59.1 Å². The lowest BCUT2D eigenvalue weighted by Crippen LogP contribution is -2.50. The summed E-state index contributed by atoms with van der Waals surface area (Å²) in [4.78, 5) is 4.57. The number of sulfone groups is 1. The minimum absolute atomic E-state index is 0.252. The highest BCUT2D eigenvalue weighted by Gasteiger charge is 2.41. The average molecular weight is 288 g/mol. The fraction of sp³-hybridized carbons (Fsp3) is 0.750. The van der Waals surface area contributed by atoms with E-state index in [2.05, 4.69) is 24.1 Å². The number of aryl methyl sites for hydroxylation is 1. The Bertz CT molecular complexity index is 506. The third-order valence-electron chi connectivity index (χ3n) is 3.27. The number of thiazole rings is 1. The van der Waals surface area contributed by atoms with Gasteiger partial charge in [0, 0.05) is 17.1 Å². The van der Waals surface area contributed by atoms with Crippen molar-refractivity contribution in [3.05, 3.63) is 16.1 Å². The molecule has 0 spiro atoms. The van der Waals surface area contributed by atoms with Gasteiger partial charge in [-0.3, -0.25) is 0 Å². The van der Waals surface area contributed by atoms with Gasteiger partial charge in [0.15, 0.2) is 0 Å². The van der Waals surface area contributed by atoms with Crippen LogP contribution in [0.4, 0.5) is 0 Å². The number of nitrogens with zero attached hydrogens (tertiary/aromatic N) is 1. The molecular formula is C12H20N2O2S2. The van der Waals surface area contributed by atoms with Gasteiger partial charge in [-0.1, -0.05) is 0 Å². The summed E-state index contributed by atoms with van der Waals surface area (Å²) in [7, 11) is -2.85. The van der Waals surface area contributed by atoms with Gasteiger partial charge in [-0.05, 0) is 33.6 Å². The first-order valence-electron chi connectivity index (χ1n) is 6.24. The summed E-state index contributed by atoms with van der Waals surface area (Å²) in [6, 6.07) is 0.315. The van der Waals surface area contributed by atoms with Crippen molar-refractivity contribution in [3.63, 3.8) is 0 Å². The fourth-order valence-electron chi connectivity index (χ4n) is 2.43. The highest BCUT2D eigenvalue weighted by atomic mass is 32.2. The largest absolute Gasteiger partial charge is 0.303 e. The second kappa shape index (κ2) is 4.90. The summed E-state index contributed by atoms with van der Waals surface area (Å²) in [5, 5.41) is 6.61. The van der Waals surface area contributed by atoms with E-state index in [0.717, 1.165) is 10.7 Å². The standard InChI is InChI=1S/C12H20N2O2S2/c1-9(2)14-12(11-13-10(3)8-17-11)4-6-18(15,16)7-5-12/h8-9,14H,4-7H2,1-3H3. The Labute approximate surface area is 113 Å². The Morgan fingerprint density at radius 3 is 2.44 bits per heavy atom. The van der Waals surface area contributed by atoms with E-state index >= 15 is 0 Å². The van der Waals surface area contributed by atoms with Crippen molar-refractivity contribution in [2.24, 2.45) is 0 Å². The minimum Gasteiger partial charge on any atom is -0.303 e. The Morgan fingerprint density at radius 1 is 1.39 bits per heavy atom. The zero-order chi connectivity index (χ0) is 13.4. The van der Waals surface area contributed by atoms with E-state index in [1.807, 2.05) is 12.3 Å². The van der Waals surface area contributed by atoms with Crippen molar-refractivity contribution >= 4 is 21.2 Å². The van der Waals surface area contributed by atoms with Crippen LogP contribution in [0, 0.1) is 6.92 Å². The second-order valence-electron chi connectivity index (χ2n) is 5.33. The van der Waals surface area contributed by atoms with E-state index in [4.69, 9.17) is 0 Å². The number of hydrogen-bond donors (Lipinski definition) is 1.